The zero-order valence-corrected chi connectivity index (χ0v) is 14.8. The van der Waals surface area contributed by atoms with Crippen molar-refractivity contribution in [2.45, 2.75) is 13.3 Å². The number of amides is 2. The van der Waals surface area contributed by atoms with Crippen LogP contribution in [0.15, 0.2) is 42.5 Å². The zero-order chi connectivity index (χ0) is 18.0. The Morgan fingerprint density at radius 1 is 1.24 bits per heavy atom. The van der Waals surface area contributed by atoms with Crippen molar-refractivity contribution < 1.29 is 14.3 Å². The summed E-state index contributed by atoms with van der Waals surface area (Å²) in [5.41, 5.74) is 2.34. The molecule has 1 heterocycles. The van der Waals surface area contributed by atoms with E-state index >= 15 is 0 Å². The molecular formula is C19H19ClN2O3. The topological polar surface area (TPSA) is 58.6 Å². The molecule has 1 fully saturated rings. The zero-order valence-electron chi connectivity index (χ0n) is 14.1. The Morgan fingerprint density at radius 3 is 2.60 bits per heavy atom. The van der Waals surface area contributed by atoms with Crippen LogP contribution in [0.2, 0.25) is 5.02 Å². The van der Waals surface area contributed by atoms with Crippen LogP contribution in [0.4, 0.5) is 11.4 Å². The molecule has 1 saturated heterocycles. The van der Waals surface area contributed by atoms with Gasteiger partial charge in [0, 0.05) is 29.4 Å². The number of ether oxygens (including phenoxy) is 1. The van der Waals surface area contributed by atoms with Gasteiger partial charge in [-0.25, -0.2) is 0 Å². The Morgan fingerprint density at radius 2 is 1.96 bits per heavy atom. The van der Waals surface area contributed by atoms with Gasteiger partial charge in [0.05, 0.1) is 13.0 Å². The quantitative estimate of drug-likeness (QED) is 0.907. The predicted molar refractivity (Wildman–Crippen MR) is 98.3 cm³/mol. The summed E-state index contributed by atoms with van der Waals surface area (Å²) in [7, 11) is 1.59. The van der Waals surface area contributed by atoms with E-state index in [0.29, 0.717) is 17.3 Å². The lowest BCUT2D eigenvalue weighted by atomic mass is 10.1. The molecule has 0 saturated carbocycles. The number of hydrogen-bond donors (Lipinski definition) is 1. The fourth-order valence-corrected chi connectivity index (χ4v) is 2.99. The molecule has 1 aliphatic heterocycles. The second-order valence-electron chi connectivity index (χ2n) is 6.06. The number of carbonyl (C=O) groups is 2. The van der Waals surface area contributed by atoms with Crippen LogP contribution in [0.3, 0.4) is 0 Å². The highest BCUT2D eigenvalue weighted by atomic mass is 35.5. The van der Waals surface area contributed by atoms with Gasteiger partial charge in [0.1, 0.15) is 5.75 Å². The summed E-state index contributed by atoms with van der Waals surface area (Å²) in [6, 6.07) is 12.6. The average Bonchev–Trinajstić information content (AvgIpc) is 3.00. The minimum atomic E-state index is -0.394. The summed E-state index contributed by atoms with van der Waals surface area (Å²) in [6.45, 7) is 2.26. The number of nitrogens with one attached hydrogen (secondary N) is 1. The summed E-state index contributed by atoms with van der Waals surface area (Å²) in [5, 5.41) is 3.44. The first-order valence-corrected chi connectivity index (χ1v) is 8.37. The van der Waals surface area contributed by atoms with Gasteiger partial charge in [0.2, 0.25) is 11.8 Å². The van der Waals surface area contributed by atoms with Crippen LogP contribution in [0.5, 0.6) is 5.75 Å². The van der Waals surface area contributed by atoms with Crippen LogP contribution in [-0.2, 0) is 9.59 Å². The summed E-state index contributed by atoms with van der Waals surface area (Å²) in [4.78, 5) is 26.4. The molecule has 2 amide bonds. The van der Waals surface area contributed by atoms with Crippen molar-refractivity contribution >= 4 is 34.8 Å². The number of methoxy groups -OCH3 is 1. The molecule has 0 aliphatic carbocycles. The molecule has 3 rings (SSSR count). The lowest BCUT2D eigenvalue weighted by Gasteiger charge is -2.17. The van der Waals surface area contributed by atoms with Crippen molar-refractivity contribution in [1.29, 1.82) is 0 Å². The Labute approximate surface area is 151 Å². The predicted octanol–water partition coefficient (Wildman–Crippen LogP) is 3.65. The molecule has 130 valence electrons. The third kappa shape index (κ3) is 3.77. The standard InChI is InChI=1S/C19H19ClN2O3/c1-12-3-4-14(10-17(12)20)21-19(24)13-9-18(23)22(11-13)15-5-7-16(25-2)8-6-15/h3-8,10,13H,9,11H2,1-2H3,(H,21,24)/t13-/m0/s1. The highest BCUT2D eigenvalue weighted by Gasteiger charge is 2.35. The lowest BCUT2D eigenvalue weighted by molar-refractivity contribution is -0.122. The minimum absolute atomic E-state index is 0.0627. The van der Waals surface area contributed by atoms with Gasteiger partial charge < -0.3 is 15.0 Å². The number of nitrogens with zero attached hydrogens (tertiary/aromatic N) is 1. The molecule has 6 heteroatoms. The van der Waals surface area contributed by atoms with E-state index in [2.05, 4.69) is 5.32 Å². The average molecular weight is 359 g/mol. The van der Waals surface area contributed by atoms with Crippen molar-refractivity contribution in [3.8, 4) is 5.75 Å². The number of hydrogen-bond acceptors (Lipinski definition) is 3. The molecule has 25 heavy (non-hydrogen) atoms. The van der Waals surface area contributed by atoms with Gasteiger partial charge in [-0.1, -0.05) is 17.7 Å². The third-order valence-electron chi connectivity index (χ3n) is 4.32. The highest BCUT2D eigenvalue weighted by Crippen LogP contribution is 2.28. The van der Waals surface area contributed by atoms with Crippen molar-refractivity contribution in [3.63, 3.8) is 0 Å². The molecule has 0 spiro atoms. The smallest absolute Gasteiger partial charge is 0.229 e. The van der Waals surface area contributed by atoms with E-state index in [1.165, 1.54) is 0 Å². The molecule has 0 radical (unpaired) electrons. The molecule has 2 aromatic rings. The molecule has 2 aromatic carbocycles. The number of aryl methyl sites for hydroxylation is 1. The van der Waals surface area contributed by atoms with Crippen LogP contribution in [-0.4, -0.2) is 25.5 Å². The van der Waals surface area contributed by atoms with Crippen LogP contribution < -0.4 is 15.0 Å². The van der Waals surface area contributed by atoms with Gasteiger partial charge in [-0.2, -0.15) is 0 Å². The van der Waals surface area contributed by atoms with Gasteiger partial charge in [-0.3, -0.25) is 9.59 Å². The van der Waals surface area contributed by atoms with Crippen molar-refractivity contribution in [3.05, 3.63) is 53.1 Å². The summed E-state index contributed by atoms with van der Waals surface area (Å²) < 4.78 is 5.12. The molecule has 1 aliphatic rings. The van der Waals surface area contributed by atoms with E-state index in [1.807, 2.05) is 25.1 Å². The monoisotopic (exact) mass is 358 g/mol. The fourth-order valence-electron chi connectivity index (χ4n) is 2.81. The van der Waals surface area contributed by atoms with E-state index < -0.39 is 5.92 Å². The highest BCUT2D eigenvalue weighted by molar-refractivity contribution is 6.31. The largest absolute Gasteiger partial charge is 0.497 e. The molecule has 0 aromatic heterocycles. The summed E-state index contributed by atoms with van der Waals surface area (Å²) >= 11 is 6.08. The fraction of sp³-hybridized carbons (Fsp3) is 0.263. The van der Waals surface area contributed by atoms with Crippen molar-refractivity contribution in [2.24, 2.45) is 5.92 Å². The number of anilines is 2. The van der Waals surface area contributed by atoms with E-state index in [-0.39, 0.29) is 18.2 Å². The SMILES string of the molecule is COc1ccc(N2C[C@@H](C(=O)Nc3ccc(C)c(Cl)c3)CC2=O)cc1. The summed E-state index contributed by atoms with van der Waals surface area (Å²) in [6.07, 6.45) is 0.192. The molecule has 1 N–H and O–H groups in total. The lowest BCUT2D eigenvalue weighted by Crippen LogP contribution is -2.28. The second kappa shape index (κ2) is 7.15. The molecule has 0 bridgehead atoms. The van der Waals surface area contributed by atoms with Crippen LogP contribution in [0, 0.1) is 12.8 Å². The Hall–Kier alpha value is -2.53. The Kier molecular flexibility index (Phi) is 4.95. The van der Waals surface area contributed by atoms with Gasteiger partial charge in [-0.15, -0.1) is 0 Å². The first-order valence-electron chi connectivity index (χ1n) is 7.99. The summed E-state index contributed by atoms with van der Waals surface area (Å²) in [5.74, 6) is 0.0900. The maximum absolute atomic E-state index is 12.5. The van der Waals surface area contributed by atoms with Crippen molar-refractivity contribution in [2.75, 3.05) is 23.9 Å². The van der Waals surface area contributed by atoms with E-state index in [0.717, 1.165) is 17.0 Å². The van der Waals surface area contributed by atoms with Crippen molar-refractivity contribution in [1.82, 2.24) is 0 Å². The first kappa shape index (κ1) is 17.3. The minimum Gasteiger partial charge on any atom is -0.497 e. The van der Waals surface area contributed by atoms with Crippen LogP contribution >= 0.6 is 11.6 Å². The molecule has 0 unspecified atom stereocenters. The van der Waals surface area contributed by atoms with E-state index in [9.17, 15) is 9.59 Å². The van der Waals surface area contributed by atoms with E-state index in [4.69, 9.17) is 16.3 Å². The second-order valence-corrected chi connectivity index (χ2v) is 6.46. The molecule has 1 atom stereocenters. The van der Waals surface area contributed by atoms with Gasteiger partial charge in [-0.05, 0) is 48.9 Å². The van der Waals surface area contributed by atoms with E-state index in [1.54, 1.807) is 36.3 Å². The first-order chi connectivity index (χ1) is 12.0. The third-order valence-corrected chi connectivity index (χ3v) is 4.73. The molecular weight excluding hydrogens is 340 g/mol. The number of carbonyl (C=O) groups excluding carboxylic acids is 2. The maximum Gasteiger partial charge on any atom is 0.229 e. The molecule has 5 nitrogen and oxygen atoms in total. The maximum atomic E-state index is 12.5. The van der Waals surface area contributed by atoms with Gasteiger partial charge in [0.15, 0.2) is 0 Å². The number of rotatable bonds is 4. The Bertz CT molecular complexity index is 805. The van der Waals surface area contributed by atoms with Gasteiger partial charge >= 0.3 is 0 Å². The number of benzene rings is 2. The van der Waals surface area contributed by atoms with Crippen LogP contribution in [0.25, 0.3) is 0 Å². The normalized spacial score (nSPS) is 16.8. The number of halogens is 1. The van der Waals surface area contributed by atoms with Gasteiger partial charge in [0.25, 0.3) is 0 Å². The van der Waals surface area contributed by atoms with Crippen LogP contribution in [0.1, 0.15) is 12.0 Å². The Balaban J connectivity index is 1.68.